The molecule has 0 saturated heterocycles. The highest BCUT2D eigenvalue weighted by Gasteiger charge is 2.10. The van der Waals surface area contributed by atoms with Crippen molar-refractivity contribution in [3.63, 3.8) is 0 Å². The predicted octanol–water partition coefficient (Wildman–Crippen LogP) is 1.38. The zero-order chi connectivity index (χ0) is 20.6. The third-order valence-corrected chi connectivity index (χ3v) is 4.41. The van der Waals surface area contributed by atoms with Gasteiger partial charge >= 0.3 is 10.1 Å². The summed E-state index contributed by atoms with van der Waals surface area (Å²) in [7, 11) is -3.52. The molecule has 7 nitrogen and oxygen atoms in total. The quantitative estimate of drug-likeness (QED) is 0.562. The van der Waals surface area contributed by atoms with Gasteiger partial charge in [0.15, 0.2) is 0 Å². The first-order chi connectivity index (χ1) is 13.3. The minimum atomic E-state index is -3.52. The molecule has 2 rings (SSSR count). The monoisotopic (exact) mass is 406 g/mol. The Morgan fingerprint density at radius 2 is 1.68 bits per heavy atom. The number of carbonyl (C=O) groups is 1. The van der Waals surface area contributed by atoms with Gasteiger partial charge in [-0.05, 0) is 48.7 Å². The average molecular weight is 406 g/mol. The molecule has 152 valence electrons. The van der Waals surface area contributed by atoms with Gasteiger partial charge in [0, 0.05) is 25.3 Å². The van der Waals surface area contributed by atoms with E-state index in [-0.39, 0.29) is 12.2 Å². The summed E-state index contributed by atoms with van der Waals surface area (Å²) in [6.45, 7) is 2.75. The Balaban J connectivity index is 1.82. The third kappa shape index (κ3) is 7.58. The van der Waals surface area contributed by atoms with Crippen molar-refractivity contribution in [2.75, 3.05) is 24.7 Å². The summed E-state index contributed by atoms with van der Waals surface area (Å²) in [5, 5.41) is 14.3. The van der Waals surface area contributed by atoms with Gasteiger partial charge in [-0.15, -0.1) is 0 Å². The van der Waals surface area contributed by atoms with Crippen LogP contribution in [0.3, 0.4) is 0 Å². The van der Waals surface area contributed by atoms with E-state index in [0.717, 1.165) is 29.5 Å². The van der Waals surface area contributed by atoms with Crippen LogP contribution in [-0.4, -0.2) is 39.9 Å². The Morgan fingerprint density at radius 3 is 2.21 bits per heavy atom. The van der Waals surface area contributed by atoms with E-state index < -0.39 is 22.2 Å². The van der Waals surface area contributed by atoms with Gasteiger partial charge in [-0.1, -0.05) is 24.3 Å². The zero-order valence-corrected chi connectivity index (χ0v) is 16.7. The SMILES string of the molecule is CCO[C@@H](Cc1ccc(NCCc2ccc(OS(C)(=O)=O)cc2)cc1)C(=O)[O-]. The Labute approximate surface area is 165 Å². The molecule has 0 aliphatic carbocycles. The lowest BCUT2D eigenvalue weighted by atomic mass is 10.1. The first-order valence-corrected chi connectivity index (χ1v) is 10.7. The van der Waals surface area contributed by atoms with E-state index in [1.165, 1.54) is 0 Å². The number of anilines is 1. The Morgan fingerprint density at radius 1 is 1.07 bits per heavy atom. The summed E-state index contributed by atoms with van der Waals surface area (Å²) in [6.07, 6.45) is 1.07. The molecule has 2 aromatic carbocycles. The molecule has 0 aliphatic rings. The Hall–Kier alpha value is -2.58. The Kier molecular flexibility index (Phi) is 7.83. The lowest BCUT2D eigenvalue weighted by Crippen LogP contribution is -2.39. The van der Waals surface area contributed by atoms with Crippen molar-refractivity contribution in [3.8, 4) is 5.75 Å². The third-order valence-electron chi connectivity index (χ3n) is 3.92. The molecular formula is C20H24NO6S-. The minimum absolute atomic E-state index is 0.262. The van der Waals surface area contributed by atoms with Crippen LogP contribution in [0, 0.1) is 0 Å². The van der Waals surface area contributed by atoms with Crippen LogP contribution in [0.2, 0.25) is 0 Å². The molecule has 1 atom stereocenters. The number of nitrogens with one attached hydrogen (secondary N) is 1. The van der Waals surface area contributed by atoms with Gasteiger partial charge < -0.3 is 24.1 Å². The van der Waals surface area contributed by atoms with Crippen molar-refractivity contribution in [2.24, 2.45) is 0 Å². The molecule has 0 fully saturated rings. The standard InChI is InChI=1S/C20H25NO6S/c1-3-26-19(20(22)23)14-16-4-8-17(9-5-16)21-13-12-15-6-10-18(11-7-15)27-28(2,24)25/h4-11,19,21H,3,12-14H2,1-2H3,(H,22,23)/p-1/t19-/m0/s1. The maximum atomic E-state index is 11.1. The summed E-state index contributed by atoms with van der Waals surface area (Å²) < 4.78 is 32.2. The maximum absolute atomic E-state index is 11.1. The molecule has 0 heterocycles. The number of hydrogen-bond acceptors (Lipinski definition) is 7. The summed E-state index contributed by atoms with van der Waals surface area (Å²) in [5.41, 5.74) is 2.82. The van der Waals surface area contributed by atoms with E-state index in [1.807, 2.05) is 36.4 Å². The molecule has 8 heteroatoms. The van der Waals surface area contributed by atoms with Crippen molar-refractivity contribution >= 4 is 21.8 Å². The molecule has 0 spiro atoms. The number of carbonyl (C=O) groups excluding carboxylic acids is 1. The van der Waals surface area contributed by atoms with Gasteiger partial charge in [0.1, 0.15) is 11.9 Å². The first kappa shape index (κ1) is 21.7. The molecule has 0 radical (unpaired) electrons. The van der Waals surface area contributed by atoms with E-state index in [2.05, 4.69) is 5.32 Å². The van der Waals surface area contributed by atoms with E-state index >= 15 is 0 Å². The lowest BCUT2D eigenvalue weighted by molar-refractivity contribution is -0.316. The van der Waals surface area contributed by atoms with Gasteiger partial charge in [0.25, 0.3) is 0 Å². The largest absolute Gasteiger partial charge is 0.547 e. The molecule has 28 heavy (non-hydrogen) atoms. The number of rotatable bonds is 11. The second-order valence-electron chi connectivity index (χ2n) is 6.27. The zero-order valence-electron chi connectivity index (χ0n) is 15.9. The van der Waals surface area contributed by atoms with Crippen LogP contribution in [0.5, 0.6) is 5.75 Å². The van der Waals surface area contributed by atoms with E-state index in [4.69, 9.17) is 8.92 Å². The molecule has 0 amide bonds. The lowest BCUT2D eigenvalue weighted by Gasteiger charge is -2.18. The topological polar surface area (TPSA) is 105 Å². The smallest absolute Gasteiger partial charge is 0.306 e. The van der Waals surface area contributed by atoms with Crippen LogP contribution < -0.4 is 14.6 Å². The fourth-order valence-corrected chi connectivity index (χ4v) is 3.08. The van der Waals surface area contributed by atoms with E-state index in [9.17, 15) is 18.3 Å². The predicted molar refractivity (Wildman–Crippen MR) is 105 cm³/mol. The highest BCUT2D eigenvalue weighted by Crippen LogP contribution is 2.15. The molecular weight excluding hydrogens is 382 g/mol. The Bertz CT molecular complexity index is 863. The number of benzene rings is 2. The average Bonchev–Trinajstić information content (AvgIpc) is 2.63. The van der Waals surface area contributed by atoms with Crippen LogP contribution in [-0.2, 0) is 32.5 Å². The van der Waals surface area contributed by atoms with E-state index in [0.29, 0.717) is 13.2 Å². The van der Waals surface area contributed by atoms with Crippen molar-refractivity contribution in [3.05, 3.63) is 59.7 Å². The summed E-state index contributed by atoms with van der Waals surface area (Å²) in [4.78, 5) is 11.0. The summed E-state index contributed by atoms with van der Waals surface area (Å²) >= 11 is 0. The van der Waals surface area contributed by atoms with Gasteiger partial charge in [0.2, 0.25) is 0 Å². The van der Waals surface area contributed by atoms with Crippen molar-refractivity contribution in [1.29, 1.82) is 0 Å². The van der Waals surface area contributed by atoms with Crippen LogP contribution in [0.15, 0.2) is 48.5 Å². The molecule has 0 bridgehead atoms. The van der Waals surface area contributed by atoms with Crippen LogP contribution in [0.25, 0.3) is 0 Å². The normalized spacial score (nSPS) is 12.4. The summed E-state index contributed by atoms with van der Waals surface area (Å²) in [5.74, 6) is -0.922. The number of ether oxygens (including phenoxy) is 1. The molecule has 2 aromatic rings. The fourth-order valence-electron chi connectivity index (χ4n) is 2.62. The van der Waals surface area contributed by atoms with Gasteiger partial charge in [-0.2, -0.15) is 8.42 Å². The molecule has 0 unspecified atom stereocenters. The second-order valence-corrected chi connectivity index (χ2v) is 7.85. The number of hydrogen-bond donors (Lipinski definition) is 1. The van der Waals surface area contributed by atoms with Gasteiger partial charge in [-0.3, -0.25) is 0 Å². The summed E-state index contributed by atoms with van der Waals surface area (Å²) in [6, 6.07) is 14.4. The fraction of sp³-hybridized carbons (Fsp3) is 0.350. The van der Waals surface area contributed by atoms with Crippen molar-refractivity contribution in [2.45, 2.75) is 25.9 Å². The van der Waals surface area contributed by atoms with Crippen LogP contribution >= 0.6 is 0 Å². The first-order valence-electron chi connectivity index (χ1n) is 8.90. The number of carboxylic acid groups (broad SMARTS) is 1. The molecule has 0 aromatic heterocycles. The van der Waals surface area contributed by atoms with Gasteiger partial charge in [-0.25, -0.2) is 0 Å². The molecule has 0 saturated carbocycles. The second kappa shape index (κ2) is 10.1. The van der Waals surface area contributed by atoms with Gasteiger partial charge in [0.05, 0.1) is 12.2 Å². The highest BCUT2D eigenvalue weighted by molar-refractivity contribution is 7.86. The van der Waals surface area contributed by atoms with Crippen LogP contribution in [0.1, 0.15) is 18.1 Å². The maximum Gasteiger partial charge on any atom is 0.306 e. The molecule has 0 aliphatic heterocycles. The molecule has 1 N–H and O–H groups in total. The van der Waals surface area contributed by atoms with Crippen molar-refractivity contribution < 1.29 is 27.2 Å². The number of aliphatic carboxylic acids is 1. The van der Waals surface area contributed by atoms with Crippen LogP contribution in [0.4, 0.5) is 5.69 Å². The minimum Gasteiger partial charge on any atom is -0.547 e. The number of carboxylic acids is 1. The van der Waals surface area contributed by atoms with Crippen molar-refractivity contribution in [1.82, 2.24) is 0 Å². The highest BCUT2D eigenvalue weighted by atomic mass is 32.2. The van der Waals surface area contributed by atoms with E-state index in [1.54, 1.807) is 19.1 Å².